The van der Waals surface area contributed by atoms with Crippen LogP contribution in [0.5, 0.6) is 5.75 Å². The van der Waals surface area contributed by atoms with Crippen molar-refractivity contribution in [2.24, 2.45) is 0 Å². The zero-order valence-electron chi connectivity index (χ0n) is 13.6. The van der Waals surface area contributed by atoms with Crippen molar-refractivity contribution in [3.05, 3.63) is 81.1 Å². The smallest absolute Gasteiger partial charge is 0.263 e. The van der Waals surface area contributed by atoms with Crippen molar-refractivity contribution in [2.45, 2.75) is 19.9 Å². The topological polar surface area (TPSA) is 62.2 Å². The van der Waals surface area contributed by atoms with Gasteiger partial charge >= 0.3 is 0 Å². The van der Waals surface area contributed by atoms with Crippen LogP contribution in [0.4, 0.5) is 4.39 Å². The Morgan fingerprint density at radius 3 is 2.64 bits per heavy atom. The third kappa shape index (κ3) is 4.22. The van der Waals surface area contributed by atoms with Crippen molar-refractivity contribution in [3.63, 3.8) is 0 Å². The lowest BCUT2D eigenvalue weighted by Crippen LogP contribution is -2.22. The van der Waals surface area contributed by atoms with Crippen molar-refractivity contribution in [1.82, 2.24) is 10.3 Å². The molecule has 1 aromatic heterocycles. The zero-order valence-corrected chi connectivity index (χ0v) is 14.4. The summed E-state index contributed by atoms with van der Waals surface area (Å²) in [6.07, 6.45) is 0.554. The Morgan fingerprint density at radius 2 is 1.92 bits per heavy atom. The first kappa shape index (κ1) is 17.1. The summed E-state index contributed by atoms with van der Waals surface area (Å²) in [6, 6.07) is 13.1. The second kappa shape index (κ2) is 7.44. The maximum Gasteiger partial charge on any atom is 0.263 e. The number of carbonyl (C=O) groups excluding carboxylic acids is 1. The highest BCUT2D eigenvalue weighted by molar-refractivity contribution is 7.13. The highest BCUT2D eigenvalue weighted by atomic mass is 32.1. The molecule has 0 saturated carbocycles. The lowest BCUT2D eigenvalue weighted by molar-refractivity contribution is 0.0954. The molecule has 0 saturated heterocycles. The monoisotopic (exact) mass is 356 g/mol. The SMILES string of the molecule is Cc1nc(Cc2ccc(F)cc2)sc1C(=O)NCc1ccccc1O. The number of thiazole rings is 1. The number of phenols is 1. The molecule has 0 aliphatic carbocycles. The average molecular weight is 356 g/mol. The van der Waals surface area contributed by atoms with E-state index < -0.39 is 0 Å². The predicted molar refractivity (Wildman–Crippen MR) is 95.3 cm³/mol. The number of phenolic OH excluding ortho intramolecular Hbond substituents is 1. The van der Waals surface area contributed by atoms with Gasteiger partial charge in [-0.05, 0) is 30.7 Å². The minimum Gasteiger partial charge on any atom is -0.508 e. The summed E-state index contributed by atoms with van der Waals surface area (Å²) in [6.45, 7) is 2.04. The van der Waals surface area contributed by atoms with Crippen molar-refractivity contribution in [2.75, 3.05) is 0 Å². The molecular weight excluding hydrogens is 339 g/mol. The van der Waals surface area contributed by atoms with Crippen LogP contribution in [0.15, 0.2) is 48.5 Å². The van der Waals surface area contributed by atoms with Gasteiger partial charge in [-0.1, -0.05) is 30.3 Å². The molecule has 0 atom stereocenters. The van der Waals surface area contributed by atoms with Gasteiger partial charge in [-0.2, -0.15) is 0 Å². The third-order valence-corrected chi connectivity index (χ3v) is 4.90. The fourth-order valence-electron chi connectivity index (χ4n) is 2.43. The first-order chi connectivity index (χ1) is 12.0. The minimum absolute atomic E-state index is 0.154. The van der Waals surface area contributed by atoms with Gasteiger partial charge < -0.3 is 10.4 Å². The number of aryl methyl sites for hydroxylation is 1. The number of hydrogen-bond donors (Lipinski definition) is 2. The summed E-state index contributed by atoms with van der Waals surface area (Å²) >= 11 is 1.33. The average Bonchev–Trinajstić information content (AvgIpc) is 2.96. The number of hydrogen-bond acceptors (Lipinski definition) is 4. The summed E-state index contributed by atoms with van der Waals surface area (Å²) in [5, 5.41) is 13.4. The van der Waals surface area contributed by atoms with E-state index in [0.29, 0.717) is 22.6 Å². The second-order valence-corrected chi connectivity index (χ2v) is 6.72. The first-order valence-electron chi connectivity index (χ1n) is 7.79. The van der Waals surface area contributed by atoms with E-state index in [1.165, 1.54) is 23.5 Å². The van der Waals surface area contributed by atoms with E-state index in [-0.39, 0.29) is 24.0 Å². The van der Waals surface area contributed by atoms with E-state index in [1.807, 2.05) is 0 Å². The molecular formula is C19H17FN2O2S. The minimum atomic E-state index is -0.275. The molecule has 3 rings (SSSR count). The molecule has 0 spiro atoms. The van der Waals surface area contributed by atoms with Gasteiger partial charge in [0.25, 0.3) is 5.91 Å². The molecule has 4 nitrogen and oxygen atoms in total. The molecule has 0 aliphatic rings. The van der Waals surface area contributed by atoms with Gasteiger partial charge in [0.05, 0.1) is 10.7 Å². The van der Waals surface area contributed by atoms with E-state index in [9.17, 15) is 14.3 Å². The first-order valence-corrected chi connectivity index (χ1v) is 8.60. The maximum atomic E-state index is 13.0. The van der Waals surface area contributed by atoms with Gasteiger partial charge in [0.2, 0.25) is 0 Å². The van der Waals surface area contributed by atoms with Gasteiger partial charge in [0.15, 0.2) is 0 Å². The number of nitrogens with one attached hydrogen (secondary N) is 1. The molecule has 0 aliphatic heterocycles. The van der Waals surface area contributed by atoms with Crippen LogP contribution in [-0.2, 0) is 13.0 Å². The van der Waals surface area contributed by atoms with Crippen molar-refractivity contribution >= 4 is 17.2 Å². The Balaban J connectivity index is 1.68. The normalized spacial score (nSPS) is 10.6. The molecule has 25 heavy (non-hydrogen) atoms. The Morgan fingerprint density at radius 1 is 1.20 bits per heavy atom. The molecule has 0 bridgehead atoms. The number of carbonyl (C=O) groups is 1. The number of rotatable bonds is 5. The van der Waals surface area contributed by atoms with Crippen LogP contribution < -0.4 is 5.32 Å². The van der Waals surface area contributed by atoms with Gasteiger partial charge in [-0.3, -0.25) is 4.79 Å². The molecule has 128 valence electrons. The lowest BCUT2D eigenvalue weighted by atomic mass is 10.1. The van der Waals surface area contributed by atoms with Gasteiger partial charge in [0.1, 0.15) is 16.4 Å². The van der Waals surface area contributed by atoms with E-state index in [4.69, 9.17) is 0 Å². The summed E-state index contributed by atoms with van der Waals surface area (Å²) < 4.78 is 13.0. The second-order valence-electron chi connectivity index (χ2n) is 5.64. The van der Waals surface area contributed by atoms with Crippen molar-refractivity contribution in [3.8, 4) is 5.75 Å². The van der Waals surface area contributed by atoms with Crippen LogP contribution in [0.2, 0.25) is 0 Å². The molecule has 1 amide bonds. The molecule has 6 heteroatoms. The van der Waals surface area contributed by atoms with Crippen LogP contribution in [-0.4, -0.2) is 16.0 Å². The predicted octanol–water partition coefficient (Wildman–Crippen LogP) is 3.82. The highest BCUT2D eigenvalue weighted by Crippen LogP contribution is 2.22. The number of amides is 1. The molecule has 3 aromatic rings. The highest BCUT2D eigenvalue weighted by Gasteiger charge is 2.15. The number of aromatic hydroxyl groups is 1. The third-order valence-electron chi connectivity index (χ3n) is 3.75. The van der Waals surface area contributed by atoms with E-state index in [2.05, 4.69) is 10.3 Å². The molecule has 1 heterocycles. The quantitative estimate of drug-likeness (QED) is 0.731. The van der Waals surface area contributed by atoms with Crippen LogP contribution in [0.1, 0.15) is 31.5 Å². The Bertz CT molecular complexity index is 891. The molecule has 2 aromatic carbocycles. The summed E-state index contributed by atoms with van der Waals surface area (Å²) in [4.78, 5) is 17.4. The number of nitrogens with zero attached hydrogens (tertiary/aromatic N) is 1. The van der Waals surface area contributed by atoms with Crippen molar-refractivity contribution in [1.29, 1.82) is 0 Å². The number of halogens is 1. The largest absolute Gasteiger partial charge is 0.508 e. The molecule has 0 unspecified atom stereocenters. The van der Waals surface area contributed by atoms with Gasteiger partial charge in [0, 0.05) is 18.5 Å². The van der Waals surface area contributed by atoms with Crippen LogP contribution in [0.25, 0.3) is 0 Å². The Labute approximate surface area is 149 Å². The van der Waals surface area contributed by atoms with Crippen LogP contribution in [0.3, 0.4) is 0 Å². The fourth-order valence-corrected chi connectivity index (χ4v) is 3.45. The number of aromatic nitrogens is 1. The zero-order chi connectivity index (χ0) is 17.8. The van der Waals surface area contributed by atoms with Gasteiger partial charge in [-0.15, -0.1) is 11.3 Å². The standard InChI is InChI=1S/C19H17FN2O2S/c1-12-18(19(24)21-11-14-4-2-3-5-16(14)23)25-17(22-12)10-13-6-8-15(20)9-7-13/h2-9,23H,10-11H2,1H3,(H,21,24). The fraction of sp³-hybridized carbons (Fsp3) is 0.158. The van der Waals surface area contributed by atoms with E-state index in [1.54, 1.807) is 43.3 Å². The van der Waals surface area contributed by atoms with E-state index >= 15 is 0 Å². The molecule has 0 fully saturated rings. The van der Waals surface area contributed by atoms with E-state index in [0.717, 1.165) is 10.6 Å². The number of benzene rings is 2. The van der Waals surface area contributed by atoms with Crippen molar-refractivity contribution < 1.29 is 14.3 Å². The Hall–Kier alpha value is -2.73. The molecule has 2 N–H and O–H groups in total. The summed E-state index contributed by atoms with van der Waals surface area (Å²) in [5.74, 6) is -0.340. The summed E-state index contributed by atoms with van der Waals surface area (Å²) in [7, 11) is 0. The Kier molecular flexibility index (Phi) is 5.09. The molecule has 0 radical (unpaired) electrons. The number of para-hydroxylation sites is 1. The maximum absolute atomic E-state index is 13.0. The van der Waals surface area contributed by atoms with Crippen LogP contribution >= 0.6 is 11.3 Å². The van der Waals surface area contributed by atoms with Crippen LogP contribution in [0, 0.1) is 12.7 Å². The lowest BCUT2D eigenvalue weighted by Gasteiger charge is -2.06. The van der Waals surface area contributed by atoms with Gasteiger partial charge in [-0.25, -0.2) is 9.37 Å². The summed E-state index contributed by atoms with van der Waals surface area (Å²) in [5.41, 5.74) is 2.26.